The van der Waals surface area contributed by atoms with Gasteiger partial charge in [-0.25, -0.2) is 0 Å². The average Bonchev–Trinajstić information content (AvgIpc) is 3.10. The van der Waals surface area contributed by atoms with Crippen molar-refractivity contribution in [3.63, 3.8) is 0 Å². The first-order valence-corrected chi connectivity index (χ1v) is 9.87. The highest BCUT2D eigenvalue weighted by atomic mass is 32.2. The van der Waals surface area contributed by atoms with E-state index in [9.17, 15) is 20.0 Å². The molecular weight excluding hydrogens is 392 g/mol. The van der Waals surface area contributed by atoms with Gasteiger partial charge in [0.05, 0.1) is 9.83 Å². The SMILES string of the molecule is O=C1N=C(N2CCN(c3ccc([N+](=O)[O-])cc3)CC2)SC1=Cc1ccc(O)cc1. The number of nitro groups is 1. The molecule has 0 radical (unpaired) electrons. The number of aliphatic imine (C=N–C) groups is 1. The third-order valence-electron chi connectivity index (χ3n) is 4.78. The molecule has 2 heterocycles. The largest absolute Gasteiger partial charge is 0.508 e. The number of benzene rings is 2. The Labute approximate surface area is 171 Å². The van der Waals surface area contributed by atoms with Gasteiger partial charge in [0.1, 0.15) is 5.75 Å². The van der Waals surface area contributed by atoms with Crippen molar-refractivity contribution in [2.75, 3.05) is 31.1 Å². The monoisotopic (exact) mass is 410 g/mol. The van der Waals surface area contributed by atoms with Gasteiger partial charge >= 0.3 is 0 Å². The number of hydrogen-bond acceptors (Lipinski definition) is 7. The predicted molar refractivity (Wildman–Crippen MR) is 113 cm³/mol. The molecule has 148 valence electrons. The van der Waals surface area contributed by atoms with Crippen molar-refractivity contribution in [2.45, 2.75) is 0 Å². The standard InChI is InChI=1S/C20H18N4O4S/c25-17-7-1-14(2-8-17)13-18-19(26)21-20(29-18)23-11-9-22(10-12-23)15-3-5-16(6-4-15)24(27)28/h1-8,13,25H,9-12H2. The molecule has 29 heavy (non-hydrogen) atoms. The second-order valence-electron chi connectivity index (χ2n) is 6.65. The molecule has 0 unspecified atom stereocenters. The minimum absolute atomic E-state index is 0.0792. The Kier molecular flexibility index (Phi) is 5.22. The molecule has 1 saturated heterocycles. The quantitative estimate of drug-likeness (QED) is 0.471. The summed E-state index contributed by atoms with van der Waals surface area (Å²) in [6.45, 7) is 2.90. The highest BCUT2D eigenvalue weighted by Gasteiger charge is 2.28. The molecule has 2 aromatic carbocycles. The van der Waals surface area contributed by atoms with E-state index in [1.807, 2.05) is 0 Å². The third kappa shape index (κ3) is 4.24. The van der Waals surface area contributed by atoms with Crippen LogP contribution >= 0.6 is 11.8 Å². The summed E-state index contributed by atoms with van der Waals surface area (Å²) in [6.07, 6.45) is 1.77. The van der Waals surface area contributed by atoms with Gasteiger partial charge in [0.15, 0.2) is 5.17 Å². The average molecular weight is 410 g/mol. The van der Waals surface area contributed by atoms with E-state index in [0.29, 0.717) is 23.2 Å². The summed E-state index contributed by atoms with van der Waals surface area (Å²) in [6, 6.07) is 13.2. The summed E-state index contributed by atoms with van der Waals surface area (Å²) in [7, 11) is 0. The third-order valence-corrected chi connectivity index (χ3v) is 5.82. The van der Waals surface area contributed by atoms with Crippen molar-refractivity contribution < 1.29 is 14.8 Å². The minimum atomic E-state index is -0.405. The summed E-state index contributed by atoms with van der Waals surface area (Å²) >= 11 is 1.36. The Hall–Kier alpha value is -3.33. The van der Waals surface area contributed by atoms with E-state index in [-0.39, 0.29) is 17.3 Å². The molecule has 0 saturated carbocycles. The molecule has 2 aromatic rings. The lowest BCUT2D eigenvalue weighted by Crippen LogP contribution is -2.47. The number of amides is 1. The molecule has 0 spiro atoms. The van der Waals surface area contributed by atoms with Crippen LogP contribution in [0.2, 0.25) is 0 Å². The molecule has 1 amide bonds. The zero-order chi connectivity index (χ0) is 20.4. The van der Waals surface area contributed by atoms with Gasteiger partial charge in [-0.05, 0) is 47.7 Å². The van der Waals surface area contributed by atoms with Gasteiger partial charge in [0, 0.05) is 44.0 Å². The van der Waals surface area contributed by atoms with Gasteiger partial charge in [0.25, 0.3) is 11.6 Å². The van der Waals surface area contributed by atoms with E-state index in [1.54, 1.807) is 42.5 Å². The predicted octanol–water partition coefficient (Wildman–Crippen LogP) is 3.09. The number of phenolic OH excluding ortho intramolecular Hbond substituents is 1. The van der Waals surface area contributed by atoms with Crippen molar-refractivity contribution in [2.24, 2.45) is 4.99 Å². The number of carbonyl (C=O) groups excluding carboxylic acids is 1. The number of carbonyl (C=O) groups is 1. The van der Waals surface area contributed by atoms with Crippen LogP contribution in [0.15, 0.2) is 58.4 Å². The molecule has 0 atom stereocenters. The van der Waals surface area contributed by atoms with Gasteiger partial charge in [-0.3, -0.25) is 14.9 Å². The first-order chi connectivity index (χ1) is 14.0. The lowest BCUT2D eigenvalue weighted by Gasteiger charge is -2.36. The topological polar surface area (TPSA) is 99.3 Å². The van der Waals surface area contributed by atoms with E-state index in [0.717, 1.165) is 24.3 Å². The number of nitro benzene ring substituents is 1. The molecule has 9 heteroatoms. The zero-order valence-electron chi connectivity index (χ0n) is 15.4. The van der Waals surface area contributed by atoms with Crippen LogP contribution < -0.4 is 4.90 Å². The Morgan fingerprint density at radius 3 is 2.24 bits per heavy atom. The summed E-state index contributed by atoms with van der Waals surface area (Å²) in [5, 5.41) is 20.9. The number of anilines is 1. The van der Waals surface area contributed by atoms with Crippen LogP contribution in [-0.4, -0.2) is 52.2 Å². The number of thioether (sulfide) groups is 1. The fourth-order valence-electron chi connectivity index (χ4n) is 3.20. The molecule has 0 bridgehead atoms. The molecule has 2 aliphatic heterocycles. The lowest BCUT2D eigenvalue weighted by molar-refractivity contribution is -0.384. The van der Waals surface area contributed by atoms with Gasteiger partial charge in [-0.15, -0.1) is 0 Å². The molecule has 8 nitrogen and oxygen atoms in total. The maximum atomic E-state index is 12.3. The van der Waals surface area contributed by atoms with Crippen LogP contribution in [0.1, 0.15) is 5.56 Å². The van der Waals surface area contributed by atoms with E-state index in [2.05, 4.69) is 14.8 Å². The molecular formula is C20H18N4O4S. The molecule has 1 N–H and O–H groups in total. The van der Waals surface area contributed by atoms with Crippen LogP contribution in [0, 0.1) is 10.1 Å². The Balaban J connectivity index is 1.37. The Morgan fingerprint density at radius 1 is 1.00 bits per heavy atom. The Morgan fingerprint density at radius 2 is 1.62 bits per heavy atom. The van der Waals surface area contributed by atoms with Gasteiger partial charge in [-0.1, -0.05) is 12.1 Å². The summed E-state index contributed by atoms with van der Waals surface area (Å²) in [5.74, 6) is -0.0729. The normalized spacial score (nSPS) is 18.3. The highest BCUT2D eigenvalue weighted by molar-refractivity contribution is 8.18. The van der Waals surface area contributed by atoms with Crippen LogP contribution in [0.4, 0.5) is 11.4 Å². The number of aromatic hydroxyl groups is 1. The number of non-ortho nitro benzene ring substituents is 1. The minimum Gasteiger partial charge on any atom is -0.508 e. The van der Waals surface area contributed by atoms with Crippen molar-refractivity contribution >= 4 is 40.3 Å². The van der Waals surface area contributed by atoms with Crippen molar-refractivity contribution in [3.8, 4) is 5.75 Å². The molecule has 4 rings (SSSR count). The van der Waals surface area contributed by atoms with Crippen LogP contribution in [0.5, 0.6) is 5.75 Å². The molecule has 0 aliphatic carbocycles. The summed E-state index contributed by atoms with van der Waals surface area (Å²) < 4.78 is 0. The first-order valence-electron chi connectivity index (χ1n) is 9.05. The first kappa shape index (κ1) is 19.0. The van der Waals surface area contributed by atoms with Gasteiger partial charge < -0.3 is 14.9 Å². The second-order valence-corrected chi connectivity index (χ2v) is 7.66. The Bertz CT molecular complexity index is 994. The van der Waals surface area contributed by atoms with Crippen LogP contribution in [0.25, 0.3) is 6.08 Å². The maximum absolute atomic E-state index is 12.3. The number of nitrogens with zero attached hydrogens (tertiary/aromatic N) is 4. The molecule has 1 fully saturated rings. The van der Waals surface area contributed by atoms with Crippen molar-refractivity contribution in [1.29, 1.82) is 0 Å². The summed E-state index contributed by atoms with van der Waals surface area (Å²) in [4.78, 5) is 31.6. The van der Waals surface area contributed by atoms with Crippen molar-refractivity contribution in [1.82, 2.24) is 4.90 Å². The van der Waals surface area contributed by atoms with Crippen molar-refractivity contribution in [3.05, 3.63) is 69.1 Å². The molecule has 0 aromatic heterocycles. The highest BCUT2D eigenvalue weighted by Crippen LogP contribution is 2.31. The second kappa shape index (κ2) is 7.96. The van der Waals surface area contributed by atoms with Crippen LogP contribution in [0.3, 0.4) is 0 Å². The number of hydrogen-bond donors (Lipinski definition) is 1. The van der Waals surface area contributed by atoms with E-state index in [4.69, 9.17) is 0 Å². The van der Waals surface area contributed by atoms with E-state index < -0.39 is 4.92 Å². The lowest BCUT2D eigenvalue weighted by atomic mass is 10.2. The van der Waals surface area contributed by atoms with E-state index >= 15 is 0 Å². The summed E-state index contributed by atoms with van der Waals surface area (Å²) in [5.41, 5.74) is 1.86. The fourth-order valence-corrected chi connectivity index (χ4v) is 4.16. The number of amidine groups is 1. The fraction of sp³-hybridized carbons (Fsp3) is 0.200. The number of rotatable bonds is 3. The number of phenols is 1. The van der Waals surface area contributed by atoms with E-state index in [1.165, 1.54) is 23.9 Å². The smallest absolute Gasteiger partial charge is 0.286 e. The van der Waals surface area contributed by atoms with Gasteiger partial charge in [-0.2, -0.15) is 4.99 Å². The van der Waals surface area contributed by atoms with Gasteiger partial charge in [0.2, 0.25) is 0 Å². The molecule has 2 aliphatic rings. The van der Waals surface area contributed by atoms with Crippen LogP contribution in [-0.2, 0) is 4.79 Å². The number of piperazine rings is 1. The zero-order valence-corrected chi connectivity index (χ0v) is 16.2. The maximum Gasteiger partial charge on any atom is 0.286 e.